The van der Waals surface area contributed by atoms with Gasteiger partial charge < -0.3 is 9.26 Å². The summed E-state index contributed by atoms with van der Waals surface area (Å²) in [7, 11) is 0. The largest absolute Gasteiger partial charge is 0.483 e. The molecule has 98 valence electrons. The van der Waals surface area contributed by atoms with E-state index in [2.05, 4.69) is 10.1 Å². The molecule has 1 saturated carbocycles. The number of carbonyl (C=O) groups excluding carboxylic acids is 1. The number of benzene rings is 1. The summed E-state index contributed by atoms with van der Waals surface area (Å²) < 4.78 is 10.6. The number of hydrogen-bond donors (Lipinski definition) is 0. The van der Waals surface area contributed by atoms with Gasteiger partial charge in [0.15, 0.2) is 18.7 Å². The first kappa shape index (κ1) is 12.2. The first-order chi connectivity index (χ1) is 9.28. The molecule has 1 aromatic carbocycles. The van der Waals surface area contributed by atoms with Crippen molar-refractivity contribution in [2.24, 2.45) is 0 Å². The van der Waals surface area contributed by atoms with Crippen LogP contribution in [0.5, 0.6) is 5.75 Å². The van der Waals surface area contributed by atoms with Crippen LogP contribution in [0.15, 0.2) is 22.7 Å². The maximum absolute atomic E-state index is 10.9. The Kier molecular flexibility index (Phi) is 3.21. The van der Waals surface area contributed by atoms with E-state index in [4.69, 9.17) is 20.9 Å². The molecule has 0 spiro atoms. The Labute approximate surface area is 114 Å². The van der Waals surface area contributed by atoms with Crippen molar-refractivity contribution in [3.8, 4) is 5.75 Å². The molecule has 0 bridgehead atoms. The predicted molar refractivity (Wildman–Crippen MR) is 67.4 cm³/mol. The van der Waals surface area contributed by atoms with Gasteiger partial charge in [0, 0.05) is 5.92 Å². The molecule has 0 N–H and O–H groups in total. The fourth-order valence-corrected chi connectivity index (χ4v) is 1.94. The fraction of sp³-hybridized carbons (Fsp3) is 0.308. The zero-order valence-corrected chi connectivity index (χ0v) is 10.8. The summed E-state index contributed by atoms with van der Waals surface area (Å²) in [4.78, 5) is 15.2. The van der Waals surface area contributed by atoms with Gasteiger partial charge in [0.1, 0.15) is 5.75 Å². The minimum Gasteiger partial charge on any atom is -0.483 e. The number of aromatic nitrogens is 2. The molecule has 1 fully saturated rings. The smallest absolute Gasteiger partial charge is 0.264 e. The fourth-order valence-electron chi connectivity index (χ4n) is 1.73. The summed E-state index contributed by atoms with van der Waals surface area (Å²) >= 11 is 5.90. The molecule has 3 rings (SSSR count). The normalized spacial score (nSPS) is 14.4. The van der Waals surface area contributed by atoms with E-state index in [-0.39, 0.29) is 6.61 Å². The van der Waals surface area contributed by atoms with Crippen molar-refractivity contribution in [1.82, 2.24) is 10.1 Å². The third kappa shape index (κ3) is 2.61. The van der Waals surface area contributed by atoms with Crippen molar-refractivity contribution < 1.29 is 14.1 Å². The first-order valence-electron chi connectivity index (χ1n) is 5.97. The van der Waals surface area contributed by atoms with E-state index in [1.807, 2.05) is 0 Å². The van der Waals surface area contributed by atoms with E-state index < -0.39 is 0 Å². The Morgan fingerprint density at radius 2 is 2.32 bits per heavy atom. The van der Waals surface area contributed by atoms with Crippen LogP contribution in [0.25, 0.3) is 0 Å². The number of hydrogen-bond acceptors (Lipinski definition) is 5. The van der Waals surface area contributed by atoms with Gasteiger partial charge in [0.05, 0.1) is 10.6 Å². The van der Waals surface area contributed by atoms with Crippen LogP contribution in [0.4, 0.5) is 0 Å². The summed E-state index contributed by atoms with van der Waals surface area (Å²) in [5, 5.41) is 4.25. The number of nitrogens with zero attached hydrogens (tertiary/aromatic N) is 2. The second-order valence-corrected chi connectivity index (χ2v) is 4.79. The molecule has 0 saturated heterocycles. The topological polar surface area (TPSA) is 65.2 Å². The molecule has 1 aliphatic carbocycles. The van der Waals surface area contributed by atoms with Crippen molar-refractivity contribution in [2.45, 2.75) is 25.4 Å². The van der Waals surface area contributed by atoms with E-state index in [1.54, 1.807) is 18.2 Å². The number of ether oxygens (including phenoxy) is 1. The summed E-state index contributed by atoms with van der Waals surface area (Å²) in [5.74, 6) is 1.99. The van der Waals surface area contributed by atoms with Crippen LogP contribution >= 0.6 is 11.6 Å². The monoisotopic (exact) mass is 278 g/mol. The predicted octanol–water partition coefficient (Wildman–Crippen LogP) is 2.99. The molecule has 0 radical (unpaired) electrons. The van der Waals surface area contributed by atoms with Gasteiger partial charge in [-0.2, -0.15) is 4.98 Å². The molecule has 0 amide bonds. The summed E-state index contributed by atoms with van der Waals surface area (Å²) in [5.41, 5.74) is 0.325. The lowest BCUT2D eigenvalue weighted by atomic mass is 10.2. The van der Waals surface area contributed by atoms with Crippen molar-refractivity contribution in [1.29, 1.82) is 0 Å². The molecule has 1 aromatic heterocycles. The van der Waals surface area contributed by atoms with Crippen LogP contribution in [-0.4, -0.2) is 16.4 Å². The van der Waals surface area contributed by atoms with Crippen molar-refractivity contribution in [2.75, 3.05) is 0 Å². The van der Waals surface area contributed by atoms with Gasteiger partial charge >= 0.3 is 0 Å². The molecule has 5 nitrogen and oxygen atoms in total. The van der Waals surface area contributed by atoms with Crippen LogP contribution in [0.1, 0.15) is 40.8 Å². The Balaban J connectivity index is 1.71. The lowest BCUT2D eigenvalue weighted by molar-refractivity contribution is 0.111. The van der Waals surface area contributed by atoms with Crippen LogP contribution in [-0.2, 0) is 6.61 Å². The van der Waals surface area contributed by atoms with Gasteiger partial charge in [-0.15, -0.1) is 0 Å². The van der Waals surface area contributed by atoms with Gasteiger partial charge in [0.2, 0.25) is 0 Å². The number of halogens is 1. The molecule has 1 heterocycles. The molecule has 0 aliphatic heterocycles. The summed E-state index contributed by atoms with van der Waals surface area (Å²) in [6, 6.07) is 5.03. The zero-order valence-electron chi connectivity index (χ0n) is 10.0. The SMILES string of the molecule is O=Cc1c(Cl)cccc1OCc1nc(C2CC2)no1. The van der Waals surface area contributed by atoms with E-state index in [0.29, 0.717) is 34.4 Å². The van der Waals surface area contributed by atoms with Gasteiger partial charge in [-0.1, -0.05) is 22.8 Å². The molecule has 0 atom stereocenters. The third-order valence-corrected chi connectivity index (χ3v) is 3.24. The Hall–Kier alpha value is -1.88. The minimum absolute atomic E-state index is 0.126. The van der Waals surface area contributed by atoms with Crippen LogP contribution in [0.3, 0.4) is 0 Å². The molecule has 1 aliphatic rings. The van der Waals surface area contributed by atoms with Gasteiger partial charge in [-0.25, -0.2) is 0 Å². The summed E-state index contributed by atoms with van der Waals surface area (Å²) in [6.45, 7) is 0.126. The van der Waals surface area contributed by atoms with Crippen LogP contribution in [0, 0.1) is 0 Å². The lowest BCUT2D eigenvalue weighted by Gasteiger charge is -2.06. The molecule has 0 unspecified atom stereocenters. The second-order valence-electron chi connectivity index (χ2n) is 4.38. The van der Waals surface area contributed by atoms with Crippen molar-refractivity contribution in [3.05, 3.63) is 40.5 Å². The number of aldehydes is 1. The standard InChI is InChI=1S/C13H11ClN2O3/c14-10-2-1-3-11(9(10)6-17)18-7-12-15-13(16-19-12)8-4-5-8/h1-3,6,8H,4-5,7H2. The third-order valence-electron chi connectivity index (χ3n) is 2.91. The lowest BCUT2D eigenvalue weighted by Crippen LogP contribution is -1.99. The number of rotatable bonds is 5. The zero-order chi connectivity index (χ0) is 13.2. The molecular weight excluding hydrogens is 268 g/mol. The quantitative estimate of drug-likeness (QED) is 0.787. The molecule has 6 heteroatoms. The highest BCUT2D eigenvalue weighted by Crippen LogP contribution is 2.38. The van der Waals surface area contributed by atoms with Crippen molar-refractivity contribution >= 4 is 17.9 Å². The second kappa shape index (κ2) is 5.01. The molecular formula is C13H11ClN2O3. The molecule has 2 aromatic rings. The highest BCUT2D eigenvalue weighted by molar-refractivity contribution is 6.33. The van der Waals surface area contributed by atoms with Gasteiger partial charge in [-0.3, -0.25) is 4.79 Å². The van der Waals surface area contributed by atoms with E-state index in [1.165, 1.54) is 0 Å². The minimum atomic E-state index is 0.126. The van der Waals surface area contributed by atoms with Crippen LogP contribution < -0.4 is 4.74 Å². The van der Waals surface area contributed by atoms with Gasteiger partial charge in [0.25, 0.3) is 5.89 Å². The van der Waals surface area contributed by atoms with E-state index in [9.17, 15) is 4.79 Å². The average Bonchev–Trinajstić information content (AvgIpc) is 3.16. The van der Waals surface area contributed by atoms with E-state index >= 15 is 0 Å². The first-order valence-corrected chi connectivity index (χ1v) is 6.34. The average molecular weight is 279 g/mol. The Morgan fingerprint density at radius 1 is 1.47 bits per heavy atom. The van der Waals surface area contributed by atoms with Crippen LogP contribution in [0.2, 0.25) is 5.02 Å². The van der Waals surface area contributed by atoms with E-state index in [0.717, 1.165) is 18.7 Å². The van der Waals surface area contributed by atoms with Crippen molar-refractivity contribution in [3.63, 3.8) is 0 Å². The molecule has 19 heavy (non-hydrogen) atoms. The maximum Gasteiger partial charge on any atom is 0.264 e. The van der Waals surface area contributed by atoms with Gasteiger partial charge in [-0.05, 0) is 25.0 Å². The summed E-state index contributed by atoms with van der Waals surface area (Å²) in [6.07, 6.45) is 2.90. The Bertz CT molecular complexity index is 608. The highest BCUT2D eigenvalue weighted by atomic mass is 35.5. The highest BCUT2D eigenvalue weighted by Gasteiger charge is 2.28. The number of carbonyl (C=O) groups is 1. The Morgan fingerprint density at radius 3 is 3.05 bits per heavy atom. The maximum atomic E-state index is 10.9.